The summed E-state index contributed by atoms with van der Waals surface area (Å²) in [5.74, 6) is 0.425. The molecule has 0 bridgehead atoms. The second-order valence-corrected chi connectivity index (χ2v) is 1.99. The highest BCUT2D eigenvalue weighted by Crippen LogP contribution is 2.12. The Morgan fingerprint density at radius 3 is 2.75 bits per heavy atom. The molecule has 0 fully saturated rings. The summed E-state index contributed by atoms with van der Waals surface area (Å²) in [5.41, 5.74) is 2.65. The third-order valence-corrected chi connectivity index (χ3v) is 0.955. The lowest BCUT2D eigenvalue weighted by molar-refractivity contribution is 0.210. The average molecular weight is 113 g/mol. The SMILES string of the molecule is CC(C)[C]1N=CON1. The van der Waals surface area contributed by atoms with Gasteiger partial charge in [-0.05, 0) is 5.92 Å². The predicted octanol–water partition coefficient (Wildman–Crippen LogP) is 0.695. The topological polar surface area (TPSA) is 33.6 Å². The Bertz CT molecular complexity index is 101. The fourth-order valence-electron chi connectivity index (χ4n) is 0.463. The molecular formula is C5H9N2O. The fourth-order valence-corrected chi connectivity index (χ4v) is 0.463. The normalized spacial score (nSPS) is 19.9. The molecule has 0 aliphatic carbocycles. The number of nitrogens with one attached hydrogen (secondary N) is 1. The Morgan fingerprint density at radius 2 is 2.50 bits per heavy atom. The zero-order valence-electron chi connectivity index (χ0n) is 5.01. The van der Waals surface area contributed by atoms with Gasteiger partial charge >= 0.3 is 0 Å². The first-order chi connectivity index (χ1) is 3.80. The molecule has 3 nitrogen and oxygen atoms in total. The van der Waals surface area contributed by atoms with Crippen molar-refractivity contribution in [3.63, 3.8) is 0 Å². The van der Waals surface area contributed by atoms with Gasteiger partial charge in [0.25, 0.3) is 0 Å². The number of aliphatic imine (C=N–C) groups is 1. The van der Waals surface area contributed by atoms with E-state index in [4.69, 9.17) is 0 Å². The van der Waals surface area contributed by atoms with E-state index in [0.717, 1.165) is 6.17 Å². The molecule has 0 atom stereocenters. The van der Waals surface area contributed by atoms with Gasteiger partial charge < -0.3 is 4.84 Å². The van der Waals surface area contributed by atoms with Gasteiger partial charge in [0.05, 0.1) is 0 Å². The molecule has 0 aromatic heterocycles. The minimum Gasteiger partial charge on any atom is -0.394 e. The van der Waals surface area contributed by atoms with Crippen molar-refractivity contribution < 1.29 is 4.84 Å². The number of nitrogens with zero attached hydrogens (tertiary/aromatic N) is 1. The number of rotatable bonds is 1. The van der Waals surface area contributed by atoms with E-state index in [1.54, 1.807) is 0 Å². The molecule has 8 heavy (non-hydrogen) atoms. The van der Waals surface area contributed by atoms with Crippen molar-refractivity contribution in [2.45, 2.75) is 13.8 Å². The predicted molar refractivity (Wildman–Crippen MR) is 30.8 cm³/mol. The smallest absolute Gasteiger partial charge is 0.198 e. The van der Waals surface area contributed by atoms with Crippen molar-refractivity contribution >= 4 is 6.40 Å². The van der Waals surface area contributed by atoms with Crippen LogP contribution in [-0.4, -0.2) is 6.40 Å². The molecule has 0 unspecified atom stereocenters. The van der Waals surface area contributed by atoms with Crippen LogP contribution in [0.3, 0.4) is 0 Å². The summed E-state index contributed by atoms with van der Waals surface area (Å²) in [4.78, 5) is 8.53. The summed E-state index contributed by atoms with van der Waals surface area (Å²) in [6.45, 7) is 4.10. The Labute approximate surface area is 48.7 Å². The first kappa shape index (κ1) is 5.56. The van der Waals surface area contributed by atoms with E-state index in [1.807, 2.05) is 13.8 Å². The number of hydroxylamine groups is 1. The largest absolute Gasteiger partial charge is 0.394 e. The van der Waals surface area contributed by atoms with Crippen molar-refractivity contribution in [2.75, 3.05) is 0 Å². The van der Waals surface area contributed by atoms with Gasteiger partial charge in [-0.3, -0.25) is 0 Å². The van der Waals surface area contributed by atoms with E-state index in [1.165, 1.54) is 6.40 Å². The summed E-state index contributed by atoms with van der Waals surface area (Å²) in [5, 5.41) is 0. The third-order valence-electron chi connectivity index (χ3n) is 0.955. The van der Waals surface area contributed by atoms with Crippen LogP contribution in [0.15, 0.2) is 4.99 Å². The van der Waals surface area contributed by atoms with Crippen molar-refractivity contribution in [3.05, 3.63) is 6.17 Å². The minimum absolute atomic E-state index is 0.425. The lowest BCUT2D eigenvalue weighted by Crippen LogP contribution is -2.17. The van der Waals surface area contributed by atoms with Crippen LogP contribution in [0.25, 0.3) is 0 Å². The fraction of sp³-hybridized carbons (Fsp3) is 0.600. The maximum atomic E-state index is 4.64. The van der Waals surface area contributed by atoms with Crippen LogP contribution in [0.2, 0.25) is 0 Å². The lowest BCUT2D eigenvalue weighted by Gasteiger charge is -2.06. The maximum absolute atomic E-state index is 4.64. The quantitative estimate of drug-likeness (QED) is 0.543. The first-order valence-corrected chi connectivity index (χ1v) is 2.62. The lowest BCUT2D eigenvalue weighted by atomic mass is 10.2. The van der Waals surface area contributed by atoms with Gasteiger partial charge in [-0.15, -0.1) is 5.48 Å². The molecule has 0 saturated heterocycles. The molecule has 1 rings (SSSR count). The first-order valence-electron chi connectivity index (χ1n) is 2.62. The molecule has 0 spiro atoms. The second kappa shape index (κ2) is 2.13. The van der Waals surface area contributed by atoms with E-state index < -0.39 is 0 Å². The summed E-state index contributed by atoms with van der Waals surface area (Å²) in [6, 6.07) is 0. The van der Waals surface area contributed by atoms with Crippen LogP contribution in [0.4, 0.5) is 0 Å². The summed E-state index contributed by atoms with van der Waals surface area (Å²) in [7, 11) is 0. The Morgan fingerprint density at radius 1 is 1.75 bits per heavy atom. The highest BCUT2D eigenvalue weighted by atomic mass is 16.7. The Kier molecular flexibility index (Phi) is 1.48. The number of hydrogen-bond donors (Lipinski definition) is 1. The van der Waals surface area contributed by atoms with E-state index in [2.05, 4.69) is 15.3 Å². The molecule has 1 aliphatic rings. The van der Waals surface area contributed by atoms with Crippen molar-refractivity contribution in [1.29, 1.82) is 0 Å². The van der Waals surface area contributed by atoms with Gasteiger partial charge in [0.1, 0.15) is 0 Å². The standard InChI is InChI=1S/C5H9N2O/c1-4(2)5-6-3-8-7-5/h3-4,7H,1-2H3. The molecule has 0 aromatic rings. The maximum Gasteiger partial charge on any atom is 0.198 e. The van der Waals surface area contributed by atoms with E-state index >= 15 is 0 Å². The van der Waals surface area contributed by atoms with Gasteiger partial charge in [0.2, 0.25) is 0 Å². The van der Waals surface area contributed by atoms with Crippen LogP contribution >= 0.6 is 0 Å². The van der Waals surface area contributed by atoms with Gasteiger partial charge in [-0.2, -0.15) is 0 Å². The molecule has 1 aliphatic heterocycles. The van der Waals surface area contributed by atoms with Gasteiger partial charge in [0, 0.05) is 0 Å². The molecule has 3 heteroatoms. The van der Waals surface area contributed by atoms with Crippen LogP contribution in [-0.2, 0) is 4.84 Å². The van der Waals surface area contributed by atoms with Gasteiger partial charge in [0.15, 0.2) is 12.6 Å². The molecule has 1 N–H and O–H groups in total. The van der Waals surface area contributed by atoms with E-state index in [9.17, 15) is 0 Å². The molecule has 0 amide bonds. The average Bonchev–Trinajstić information content (AvgIpc) is 2.12. The van der Waals surface area contributed by atoms with E-state index in [0.29, 0.717) is 5.92 Å². The zero-order chi connectivity index (χ0) is 5.98. The Hall–Kier alpha value is -0.570. The van der Waals surface area contributed by atoms with E-state index in [-0.39, 0.29) is 0 Å². The molecular weight excluding hydrogens is 104 g/mol. The van der Waals surface area contributed by atoms with Crippen LogP contribution in [0.5, 0.6) is 0 Å². The van der Waals surface area contributed by atoms with Crippen molar-refractivity contribution in [1.82, 2.24) is 5.48 Å². The van der Waals surface area contributed by atoms with Crippen molar-refractivity contribution in [3.8, 4) is 0 Å². The second-order valence-electron chi connectivity index (χ2n) is 1.99. The highest BCUT2D eigenvalue weighted by Gasteiger charge is 2.15. The van der Waals surface area contributed by atoms with Crippen LogP contribution in [0, 0.1) is 12.1 Å². The third kappa shape index (κ3) is 0.980. The zero-order valence-corrected chi connectivity index (χ0v) is 5.01. The van der Waals surface area contributed by atoms with Gasteiger partial charge in [-0.1, -0.05) is 13.8 Å². The molecule has 0 aromatic carbocycles. The molecule has 1 radical (unpaired) electrons. The number of hydrogen-bond acceptors (Lipinski definition) is 3. The van der Waals surface area contributed by atoms with Gasteiger partial charge in [-0.25, -0.2) is 4.99 Å². The molecule has 1 heterocycles. The highest BCUT2D eigenvalue weighted by molar-refractivity contribution is 5.49. The summed E-state index contributed by atoms with van der Waals surface area (Å²) < 4.78 is 0. The Balaban J connectivity index is 2.36. The monoisotopic (exact) mass is 113 g/mol. The van der Waals surface area contributed by atoms with Crippen LogP contribution < -0.4 is 5.48 Å². The van der Waals surface area contributed by atoms with Crippen LogP contribution in [0.1, 0.15) is 13.8 Å². The minimum atomic E-state index is 0.425. The summed E-state index contributed by atoms with van der Waals surface area (Å²) >= 11 is 0. The molecule has 0 saturated carbocycles. The summed E-state index contributed by atoms with van der Waals surface area (Å²) in [6.07, 6.45) is 2.29. The molecule has 45 valence electrons. The van der Waals surface area contributed by atoms with Crippen molar-refractivity contribution in [2.24, 2.45) is 10.9 Å².